The molecule has 0 fully saturated rings. The third kappa shape index (κ3) is 4.22. The fourth-order valence-corrected chi connectivity index (χ4v) is 1.41. The summed E-state index contributed by atoms with van der Waals surface area (Å²) in [5.74, 6) is 1.30. The number of hydrogen-bond donors (Lipinski definition) is 2. The van der Waals surface area contributed by atoms with E-state index in [1.54, 1.807) is 26.4 Å². The summed E-state index contributed by atoms with van der Waals surface area (Å²) in [6.07, 6.45) is -0.498. The van der Waals surface area contributed by atoms with Crippen molar-refractivity contribution < 1.29 is 19.3 Å². The molecule has 1 rings (SSSR count). The summed E-state index contributed by atoms with van der Waals surface area (Å²) in [4.78, 5) is 0. The first-order valence-electron chi connectivity index (χ1n) is 5.37. The zero-order valence-electron chi connectivity index (χ0n) is 10.1. The summed E-state index contributed by atoms with van der Waals surface area (Å²) in [6, 6.07) is 6.77. The van der Waals surface area contributed by atoms with Gasteiger partial charge in [-0.1, -0.05) is 6.07 Å². The molecule has 0 aliphatic rings. The average molecular weight is 241 g/mol. The van der Waals surface area contributed by atoms with Crippen molar-refractivity contribution in [2.45, 2.75) is 12.1 Å². The first kappa shape index (κ1) is 13.8. The van der Waals surface area contributed by atoms with Gasteiger partial charge in [-0.15, -0.1) is 0 Å². The van der Waals surface area contributed by atoms with Crippen LogP contribution in [0.4, 0.5) is 0 Å². The number of hydrogen-bond acceptors (Lipinski definition) is 5. The van der Waals surface area contributed by atoms with Gasteiger partial charge in [-0.2, -0.15) is 0 Å². The highest BCUT2D eigenvalue weighted by Gasteiger charge is 2.18. The minimum absolute atomic E-state index is 0.165. The molecule has 0 amide bonds. The van der Waals surface area contributed by atoms with Crippen LogP contribution in [0.15, 0.2) is 24.3 Å². The van der Waals surface area contributed by atoms with Crippen molar-refractivity contribution in [3.63, 3.8) is 0 Å². The van der Waals surface area contributed by atoms with Crippen LogP contribution >= 0.6 is 0 Å². The summed E-state index contributed by atoms with van der Waals surface area (Å²) >= 11 is 0. The van der Waals surface area contributed by atoms with Crippen LogP contribution in [0.25, 0.3) is 0 Å². The van der Waals surface area contributed by atoms with Crippen LogP contribution in [0.5, 0.6) is 11.5 Å². The molecule has 2 unspecified atom stereocenters. The highest BCUT2D eigenvalue weighted by atomic mass is 16.5. The molecule has 17 heavy (non-hydrogen) atoms. The summed E-state index contributed by atoms with van der Waals surface area (Å²) in [7, 11) is 3.14. The summed E-state index contributed by atoms with van der Waals surface area (Å²) < 4.78 is 15.6. The van der Waals surface area contributed by atoms with Crippen molar-refractivity contribution in [1.29, 1.82) is 0 Å². The lowest BCUT2D eigenvalue weighted by Gasteiger charge is -2.22. The Labute approximate surface area is 101 Å². The smallest absolute Gasteiger partial charge is 0.139 e. The number of benzene rings is 1. The Morgan fingerprint density at radius 2 is 2.00 bits per heavy atom. The molecule has 0 aliphatic heterocycles. The highest BCUT2D eigenvalue weighted by Crippen LogP contribution is 2.20. The van der Waals surface area contributed by atoms with Crippen LogP contribution in [-0.4, -0.2) is 44.7 Å². The van der Waals surface area contributed by atoms with E-state index in [0.29, 0.717) is 18.1 Å². The molecule has 0 radical (unpaired) electrons. The largest absolute Gasteiger partial charge is 0.497 e. The highest BCUT2D eigenvalue weighted by molar-refractivity contribution is 5.33. The molecule has 5 nitrogen and oxygen atoms in total. The fourth-order valence-electron chi connectivity index (χ4n) is 1.41. The van der Waals surface area contributed by atoms with Gasteiger partial charge in [0, 0.05) is 13.2 Å². The Kier molecular flexibility index (Phi) is 5.76. The van der Waals surface area contributed by atoms with Crippen molar-refractivity contribution in [2.24, 2.45) is 5.73 Å². The summed E-state index contributed by atoms with van der Waals surface area (Å²) in [6.45, 7) is 0.164. The molecule has 1 aromatic rings. The van der Waals surface area contributed by atoms with Crippen LogP contribution in [0.2, 0.25) is 0 Å². The monoisotopic (exact) mass is 241 g/mol. The van der Waals surface area contributed by atoms with Gasteiger partial charge in [0.15, 0.2) is 0 Å². The number of nitrogens with two attached hydrogens (primary N) is 1. The molecular weight excluding hydrogens is 222 g/mol. The van der Waals surface area contributed by atoms with E-state index in [0.717, 1.165) is 0 Å². The van der Waals surface area contributed by atoms with Gasteiger partial charge in [-0.3, -0.25) is 0 Å². The topological polar surface area (TPSA) is 73.9 Å². The molecule has 0 aromatic heterocycles. The fraction of sp³-hybridized carbons (Fsp3) is 0.500. The molecule has 0 bridgehead atoms. The van der Waals surface area contributed by atoms with Gasteiger partial charge in [0.1, 0.15) is 17.6 Å². The normalized spacial score (nSPS) is 14.1. The molecule has 5 heteroatoms. The van der Waals surface area contributed by atoms with Crippen molar-refractivity contribution in [2.75, 3.05) is 27.4 Å². The lowest BCUT2D eigenvalue weighted by atomic mass is 10.2. The maximum Gasteiger partial charge on any atom is 0.139 e. The second-order valence-electron chi connectivity index (χ2n) is 3.64. The number of methoxy groups -OCH3 is 2. The van der Waals surface area contributed by atoms with E-state index < -0.39 is 6.10 Å². The zero-order chi connectivity index (χ0) is 12.7. The maximum absolute atomic E-state index is 9.22. The number of aliphatic hydroxyl groups excluding tert-OH is 1. The molecule has 0 saturated heterocycles. The van der Waals surface area contributed by atoms with Gasteiger partial charge in [0.2, 0.25) is 0 Å². The van der Waals surface area contributed by atoms with E-state index in [2.05, 4.69) is 0 Å². The van der Waals surface area contributed by atoms with Gasteiger partial charge in [-0.05, 0) is 12.1 Å². The van der Waals surface area contributed by atoms with Crippen LogP contribution in [0.3, 0.4) is 0 Å². The molecule has 2 atom stereocenters. The third-order valence-corrected chi connectivity index (χ3v) is 2.35. The number of rotatable bonds is 7. The standard InChI is InChI=1S/C12H19NO4/c1-15-8-11(13)12(7-14)17-10-5-3-4-9(6-10)16-2/h3-6,11-12,14H,7-8,13H2,1-2H3. The van der Waals surface area contributed by atoms with Crippen molar-refractivity contribution in [3.05, 3.63) is 24.3 Å². The van der Waals surface area contributed by atoms with E-state index in [9.17, 15) is 5.11 Å². The first-order chi connectivity index (χ1) is 8.21. The molecule has 3 N–H and O–H groups in total. The third-order valence-electron chi connectivity index (χ3n) is 2.35. The van der Waals surface area contributed by atoms with E-state index in [1.165, 1.54) is 0 Å². The van der Waals surface area contributed by atoms with E-state index >= 15 is 0 Å². The van der Waals surface area contributed by atoms with Gasteiger partial charge < -0.3 is 25.1 Å². The Morgan fingerprint density at radius 3 is 2.59 bits per heavy atom. The quantitative estimate of drug-likeness (QED) is 0.723. The Hall–Kier alpha value is -1.30. The van der Waals surface area contributed by atoms with Crippen LogP contribution in [0, 0.1) is 0 Å². The lowest BCUT2D eigenvalue weighted by molar-refractivity contribution is 0.0604. The van der Waals surface area contributed by atoms with Crippen molar-refractivity contribution >= 4 is 0 Å². The van der Waals surface area contributed by atoms with Crippen LogP contribution < -0.4 is 15.2 Å². The van der Waals surface area contributed by atoms with Crippen molar-refractivity contribution in [1.82, 2.24) is 0 Å². The molecule has 96 valence electrons. The predicted molar refractivity (Wildman–Crippen MR) is 64.3 cm³/mol. The van der Waals surface area contributed by atoms with Crippen LogP contribution in [0.1, 0.15) is 0 Å². The minimum Gasteiger partial charge on any atom is -0.497 e. The molecule has 1 aromatic carbocycles. The number of ether oxygens (including phenoxy) is 3. The maximum atomic E-state index is 9.22. The van der Waals surface area contributed by atoms with E-state index in [-0.39, 0.29) is 12.6 Å². The second-order valence-corrected chi connectivity index (χ2v) is 3.64. The second kappa shape index (κ2) is 7.11. The first-order valence-corrected chi connectivity index (χ1v) is 5.37. The molecule has 0 spiro atoms. The molecular formula is C12H19NO4. The Bertz CT molecular complexity index is 332. The van der Waals surface area contributed by atoms with Crippen LogP contribution in [-0.2, 0) is 4.74 Å². The van der Waals surface area contributed by atoms with Gasteiger partial charge in [0.05, 0.1) is 26.4 Å². The minimum atomic E-state index is -0.498. The zero-order valence-corrected chi connectivity index (χ0v) is 10.1. The molecule has 0 saturated carbocycles. The Morgan fingerprint density at radius 1 is 1.29 bits per heavy atom. The van der Waals surface area contributed by atoms with Gasteiger partial charge >= 0.3 is 0 Å². The summed E-state index contributed by atoms with van der Waals surface area (Å²) in [5, 5.41) is 9.22. The summed E-state index contributed by atoms with van der Waals surface area (Å²) in [5.41, 5.74) is 5.82. The van der Waals surface area contributed by atoms with Gasteiger partial charge in [-0.25, -0.2) is 0 Å². The van der Waals surface area contributed by atoms with Crippen molar-refractivity contribution in [3.8, 4) is 11.5 Å². The Balaban J connectivity index is 2.66. The van der Waals surface area contributed by atoms with E-state index in [1.807, 2.05) is 12.1 Å². The molecule has 0 aliphatic carbocycles. The van der Waals surface area contributed by atoms with E-state index in [4.69, 9.17) is 19.9 Å². The lowest BCUT2D eigenvalue weighted by Crippen LogP contribution is -2.44. The SMILES string of the molecule is COCC(N)C(CO)Oc1cccc(OC)c1. The predicted octanol–water partition coefficient (Wildman–Crippen LogP) is 0.409. The number of aliphatic hydroxyl groups is 1. The average Bonchev–Trinajstić information content (AvgIpc) is 2.36. The van der Waals surface area contributed by atoms with Gasteiger partial charge in [0.25, 0.3) is 0 Å². The molecule has 0 heterocycles.